The molecule has 8 heterocycles. The number of nitrogens with zero attached hydrogens (tertiary/aromatic N) is 1. The number of ether oxygens (including phenoxy) is 4. The number of aliphatic hydroxyl groups excluding tert-OH is 3. The first-order chi connectivity index (χ1) is 31.2. The van der Waals surface area contributed by atoms with Gasteiger partial charge in [-0.3, -0.25) is 14.9 Å². The highest BCUT2D eigenvalue weighted by atomic mass is 16.7. The van der Waals surface area contributed by atoms with E-state index in [1.807, 2.05) is 19.9 Å². The lowest BCUT2D eigenvalue weighted by Crippen LogP contribution is -2.81. The SMILES string of the molecule is C[C@]12[C@H](O)C(=O)[C@H]3[C@]45COC(=O)[C@@]67C=C[C@@H]8C[C@H](CC9=CC[C@]3(C)O[C@]946)[C@]7(C8)C[C@@H](C[C@@]3(C)[C@H](c4ccoc4C[C@@H]([C@H]4CC[C@H]6[C@H](C=CN7CNC[C@H]67)C4)[C@H](O)CO)OC(=O)[C@H]4O[C@@]413)[C@@H]25. The molecular formula is C52H62N2O11. The minimum Gasteiger partial charge on any atom is -0.469 e. The van der Waals surface area contributed by atoms with E-state index in [9.17, 15) is 20.1 Å². The Labute approximate surface area is 378 Å². The van der Waals surface area contributed by atoms with Gasteiger partial charge in [-0.1, -0.05) is 38.2 Å². The van der Waals surface area contributed by atoms with Gasteiger partial charge < -0.3 is 43.6 Å². The van der Waals surface area contributed by atoms with Gasteiger partial charge in [0.1, 0.15) is 41.2 Å². The van der Waals surface area contributed by atoms with Gasteiger partial charge in [-0.05, 0) is 135 Å². The highest BCUT2D eigenvalue weighted by Crippen LogP contribution is 2.91. The van der Waals surface area contributed by atoms with Crippen LogP contribution in [-0.2, 0) is 39.8 Å². The number of hydrogen-bond donors (Lipinski definition) is 4. The fourth-order valence-electron chi connectivity index (χ4n) is 21.2. The second-order valence-corrected chi connectivity index (χ2v) is 24.6. The molecule has 0 amide bonds. The van der Waals surface area contributed by atoms with E-state index in [1.165, 1.54) is 0 Å². The normalized spacial score (nSPS) is 56.9. The van der Waals surface area contributed by atoms with Crippen molar-refractivity contribution < 1.29 is 53.1 Å². The third-order valence-corrected chi connectivity index (χ3v) is 22.8. The molecule has 11 fully saturated rings. The molecule has 13 heteroatoms. The van der Waals surface area contributed by atoms with E-state index in [1.54, 1.807) is 6.26 Å². The van der Waals surface area contributed by atoms with Crippen molar-refractivity contribution in [1.82, 2.24) is 10.2 Å². The van der Waals surface area contributed by atoms with Crippen LogP contribution in [0.4, 0.5) is 0 Å². The molecule has 346 valence electrons. The summed E-state index contributed by atoms with van der Waals surface area (Å²) in [6.45, 7) is 7.68. The number of ketones is 1. The van der Waals surface area contributed by atoms with E-state index in [-0.39, 0.29) is 48.6 Å². The van der Waals surface area contributed by atoms with Gasteiger partial charge >= 0.3 is 11.9 Å². The topological polar surface area (TPSA) is 181 Å². The maximum absolute atomic E-state index is 15.8. The summed E-state index contributed by atoms with van der Waals surface area (Å²) in [5.41, 5.74) is -6.51. The molecular weight excluding hydrogens is 829 g/mol. The van der Waals surface area contributed by atoms with Gasteiger partial charge in [-0.2, -0.15) is 0 Å². The van der Waals surface area contributed by atoms with Crippen molar-refractivity contribution in [2.75, 3.05) is 26.4 Å². The summed E-state index contributed by atoms with van der Waals surface area (Å²) < 4.78 is 34.4. The number of furan rings is 1. The number of carbonyl (C=O) groups is 3. The summed E-state index contributed by atoms with van der Waals surface area (Å²) in [5, 5.41) is 38.9. The first kappa shape index (κ1) is 39.6. The number of aliphatic hydroxyl groups is 3. The van der Waals surface area contributed by atoms with Crippen LogP contribution in [0.25, 0.3) is 0 Å². The monoisotopic (exact) mass is 890 g/mol. The summed E-state index contributed by atoms with van der Waals surface area (Å²) >= 11 is 0. The predicted octanol–water partition coefficient (Wildman–Crippen LogP) is 4.30. The molecule has 5 spiro atoms. The van der Waals surface area contributed by atoms with E-state index >= 15 is 9.59 Å². The van der Waals surface area contributed by atoms with Crippen molar-refractivity contribution in [3.63, 3.8) is 0 Å². The third kappa shape index (κ3) is 3.89. The van der Waals surface area contributed by atoms with Gasteiger partial charge in [0.25, 0.3) is 0 Å². The quantitative estimate of drug-likeness (QED) is 0.181. The molecule has 7 aliphatic heterocycles. The van der Waals surface area contributed by atoms with Crippen LogP contribution >= 0.6 is 0 Å². The Morgan fingerprint density at radius 1 is 1.05 bits per heavy atom. The third-order valence-electron chi connectivity index (χ3n) is 22.8. The van der Waals surface area contributed by atoms with Gasteiger partial charge in [0.05, 0.1) is 42.6 Å². The summed E-state index contributed by atoms with van der Waals surface area (Å²) in [5.74, 6) is -0.478. The van der Waals surface area contributed by atoms with Crippen molar-refractivity contribution in [3.05, 3.63) is 59.7 Å². The number of fused-ring (bicyclic) bond motifs is 6. The Morgan fingerprint density at radius 3 is 2.75 bits per heavy atom. The lowest BCUT2D eigenvalue weighted by molar-refractivity contribution is -0.291. The maximum atomic E-state index is 15.8. The number of rotatable bonds is 6. The van der Waals surface area contributed by atoms with Gasteiger partial charge in [0.15, 0.2) is 11.9 Å². The second kappa shape index (κ2) is 11.9. The number of hydrogen-bond acceptors (Lipinski definition) is 13. The van der Waals surface area contributed by atoms with Crippen LogP contribution in [0.2, 0.25) is 0 Å². The van der Waals surface area contributed by atoms with Crippen molar-refractivity contribution in [1.29, 1.82) is 0 Å². The molecule has 14 aliphatic rings. The zero-order chi connectivity index (χ0) is 44.2. The lowest BCUT2D eigenvalue weighted by Gasteiger charge is -2.71. The molecule has 0 unspecified atom stereocenters. The molecule has 1 aromatic rings. The zero-order valence-electron chi connectivity index (χ0n) is 37.6. The minimum absolute atomic E-state index is 0.0125. The van der Waals surface area contributed by atoms with Crippen LogP contribution in [0.5, 0.6) is 0 Å². The number of allylic oxidation sites excluding steroid dienone is 2. The number of esters is 2. The summed E-state index contributed by atoms with van der Waals surface area (Å²) in [4.78, 5) is 48.1. The van der Waals surface area contributed by atoms with E-state index < -0.39 is 86.1 Å². The summed E-state index contributed by atoms with van der Waals surface area (Å²) in [6.07, 6.45) is 16.2. The van der Waals surface area contributed by atoms with Gasteiger partial charge in [0.2, 0.25) is 0 Å². The lowest BCUT2D eigenvalue weighted by atomic mass is 9.31. The molecule has 7 aliphatic carbocycles. The summed E-state index contributed by atoms with van der Waals surface area (Å²) in [7, 11) is 0. The van der Waals surface area contributed by atoms with E-state index in [0.29, 0.717) is 60.8 Å². The van der Waals surface area contributed by atoms with Crippen LogP contribution in [0.15, 0.2) is 52.8 Å². The fraction of sp³-hybridized carbons (Fsp3) is 0.750. The average molecular weight is 891 g/mol. The number of carbonyl (C=O) groups excluding carboxylic acids is 3. The highest BCUT2D eigenvalue weighted by Gasteiger charge is 2.99. The van der Waals surface area contributed by atoms with Gasteiger partial charge in [0, 0.05) is 35.4 Å². The smallest absolute Gasteiger partial charge is 0.339 e. The molecule has 4 N–H and O–H groups in total. The fourth-order valence-corrected chi connectivity index (χ4v) is 21.2. The Morgan fingerprint density at radius 2 is 1.91 bits per heavy atom. The Kier molecular flexibility index (Phi) is 7.26. The second-order valence-electron chi connectivity index (χ2n) is 24.6. The molecule has 5 saturated heterocycles. The van der Waals surface area contributed by atoms with Crippen LogP contribution in [0.1, 0.15) is 96.0 Å². The Bertz CT molecular complexity index is 2480. The van der Waals surface area contributed by atoms with Crippen molar-refractivity contribution in [2.45, 2.75) is 132 Å². The van der Waals surface area contributed by atoms with Gasteiger partial charge in [-0.25, -0.2) is 4.79 Å². The zero-order valence-corrected chi connectivity index (χ0v) is 37.6. The van der Waals surface area contributed by atoms with Crippen molar-refractivity contribution in [3.8, 4) is 0 Å². The number of cyclic esters (lactones) is 2. The molecule has 6 saturated carbocycles. The molecule has 65 heavy (non-hydrogen) atoms. The molecule has 0 radical (unpaired) electrons. The first-order valence-corrected chi connectivity index (χ1v) is 25.1. The standard InChI is InChI=1S/C52H62N2O11/c1-45-19-28-20-48-18-25-6-11-50(48)44(60)62-23-49-38(28)47(3,40(58)37(57)39(49)46(2)10-7-29(16-30(48)14-25)51(49,50)65-46)52(45)42(64-52)43(59)63-41(45)32-9-13-61-36(32)17-33(35(56)22-55)26-4-5-31-27(15-26)8-12-54-24-53-21-34(31)54/h6-9,11-13,25-28,30-31,33-35,38-42,53,55-56,58H,4-5,10,14-24H2,1-3H3/t25-,26+,27-,28-,30-,31+,33+,34-,35-,38+,39-,40-,41+,42-,45+,46+,47+,48+,49-,50-,51-,52-/m1/s1. The molecule has 6 bridgehead atoms. The van der Waals surface area contributed by atoms with Crippen LogP contribution < -0.4 is 5.32 Å². The van der Waals surface area contributed by atoms with Crippen LogP contribution in [0.3, 0.4) is 0 Å². The number of Topliss-reactive ketones (excluding diaryl/α,β-unsaturated/α-hetero) is 1. The average Bonchev–Trinajstić information content (AvgIpc) is 3.53. The molecule has 22 atom stereocenters. The molecule has 15 rings (SSSR count). The van der Waals surface area contributed by atoms with E-state index in [0.717, 1.165) is 57.3 Å². The molecule has 1 aromatic heterocycles. The van der Waals surface area contributed by atoms with Gasteiger partial charge in [-0.15, -0.1) is 0 Å². The van der Waals surface area contributed by atoms with Crippen LogP contribution in [0, 0.1) is 80.3 Å². The number of nitrogens with one attached hydrogen (secondary N) is 1. The Hall–Kier alpha value is -3.33. The maximum Gasteiger partial charge on any atom is 0.339 e. The molecule has 0 aromatic carbocycles. The van der Waals surface area contributed by atoms with Crippen molar-refractivity contribution >= 4 is 17.7 Å². The largest absolute Gasteiger partial charge is 0.469 e. The number of epoxide rings is 1. The molecule has 13 nitrogen and oxygen atoms in total. The Balaban J connectivity index is 0.875. The van der Waals surface area contributed by atoms with Crippen molar-refractivity contribution in [2.24, 2.45) is 80.3 Å². The first-order valence-electron chi connectivity index (χ1n) is 25.1. The summed E-state index contributed by atoms with van der Waals surface area (Å²) in [6, 6.07) is 2.37. The van der Waals surface area contributed by atoms with E-state index in [4.69, 9.17) is 23.4 Å². The van der Waals surface area contributed by atoms with E-state index in [2.05, 4.69) is 47.6 Å². The van der Waals surface area contributed by atoms with Crippen LogP contribution in [-0.4, -0.2) is 106 Å². The minimum atomic E-state index is -1.49. The highest BCUT2D eigenvalue weighted by molar-refractivity contribution is 5.95. The predicted molar refractivity (Wildman–Crippen MR) is 227 cm³/mol.